The zero-order valence-corrected chi connectivity index (χ0v) is 5.87. The fourth-order valence-corrected chi connectivity index (χ4v) is 0. The molecule has 0 atom stereocenters. The van der Waals surface area contributed by atoms with Gasteiger partial charge in [0.05, 0.1) is 0 Å². The Kier molecular flexibility index (Phi) is 22300. The van der Waals surface area contributed by atoms with Gasteiger partial charge in [0.1, 0.15) is 0 Å². The smallest absolute Gasteiger partial charge is 0 e. The molecule has 0 rings (SSSR count). The third-order valence-corrected chi connectivity index (χ3v) is 0. The molecular weight excluding hydrogens is 184 g/mol. The van der Waals surface area contributed by atoms with Crippen LogP contribution in [0, 0.1) is 0 Å². The zero-order chi connectivity index (χ0) is 0. The van der Waals surface area contributed by atoms with Crippen molar-refractivity contribution in [2.24, 2.45) is 0 Å². The maximum atomic E-state index is 0. The van der Waals surface area contributed by atoms with Gasteiger partial charge in [0, 0.05) is 34.7 Å². The molecule has 0 aromatic heterocycles. The first-order chi connectivity index (χ1) is 0. The third-order valence-electron chi connectivity index (χ3n) is 0. The van der Waals surface area contributed by atoms with Gasteiger partial charge in [-0.15, -0.1) is 0 Å². The summed E-state index contributed by atoms with van der Waals surface area (Å²) in [6.07, 6.45) is 0. The van der Waals surface area contributed by atoms with Crippen molar-refractivity contribution in [3.05, 3.63) is 0 Å². The van der Waals surface area contributed by atoms with Crippen LogP contribution >= 0.6 is 0 Å². The summed E-state index contributed by atoms with van der Waals surface area (Å²) in [6, 6.07) is 0. The Labute approximate surface area is 62.5 Å². The third kappa shape index (κ3) is 217. The molecule has 5 nitrogen and oxygen atoms in total. The van der Waals surface area contributed by atoms with Crippen molar-refractivity contribution in [2.45, 2.75) is 0 Å². The molecular formula is H10Cr2O5. The minimum absolute atomic E-state index is 0. The van der Waals surface area contributed by atoms with Gasteiger partial charge in [-0.1, -0.05) is 0 Å². The topological polar surface area (TPSA) is 158 Å². The molecule has 0 saturated carbocycles. The van der Waals surface area contributed by atoms with Crippen LogP contribution in [-0.4, -0.2) is 27.4 Å². The molecule has 0 radical (unpaired) electrons. The molecule has 0 fully saturated rings. The standard InChI is InChI=1S/2Cr.5H2O/h;;5*1H2. The normalized spacial score (nSPS) is 0. The number of hydrogen-bond donors (Lipinski definition) is 0. The first kappa shape index (κ1) is 495. The Bertz CT molecular complexity index is 6.04. The summed E-state index contributed by atoms with van der Waals surface area (Å²) in [5.41, 5.74) is 0. The van der Waals surface area contributed by atoms with Gasteiger partial charge in [0.2, 0.25) is 0 Å². The summed E-state index contributed by atoms with van der Waals surface area (Å²) in [6.45, 7) is 0. The zero-order valence-electron chi connectivity index (χ0n) is 3.32. The van der Waals surface area contributed by atoms with Crippen LogP contribution in [0.5, 0.6) is 0 Å². The van der Waals surface area contributed by atoms with E-state index in [1.807, 2.05) is 0 Å². The summed E-state index contributed by atoms with van der Waals surface area (Å²) in [5.74, 6) is 0. The van der Waals surface area contributed by atoms with Gasteiger partial charge in [0.15, 0.2) is 0 Å². The summed E-state index contributed by atoms with van der Waals surface area (Å²) >= 11 is 0. The van der Waals surface area contributed by atoms with Crippen LogP contribution in [0.3, 0.4) is 0 Å². The van der Waals surface area contributed by atoms with E-state index in [2.05, 4.69) is 0 Å². The Morgan fingerprint density at radius 3 is 0.286 bits per heavy atom. The van der Waals surface area contributed by atoms with Crippen LogP contribution in [0.25, 0.3) is 0 Å². The van der Waals surface area contributed by atoms with Gasteiger partial charge in [0.25, 0.3) is 0 Å². The summed E-state index contributed by atoms with van der Waals surface area (Å²) in [4.78, 5) is 0. The minimum atomic E-state index is 0. The predicted molar refractivity (Wildman–Crippen MR) is 18.1 cm³/mol. The average Bonchev–Trinajstić information content (AvgIpc) is 0. The summed E-state index contributed by atoms with van der Waals surface area (Å²) in [7, 11) is 0. The van der Waals surface area contributed by atoms with E-state index in [0.29, 0.717) is 0 Å². The minimum Gasteiger partial charge on any atom is -0.412 e. The second kappa shape index (κ2) is 316. The molecule has 0 aliphatic heterocycles. The molecule has 10 N–H and O–H groups in total. The molecule has 0 amide bonds. The second-order valence-corrected chi connectivity index (χ2v) is 0. The maximum absolute atomic E-state index is 0. The number of rotatable bonds is 0. The van der Waals surface area contributed by atoms with Crippen molar-refractivity contribution >= 4 is 0 Å². The summed E-state index contributed by atoms with van der Waals surface area (Å²) < 4.78 is 0. The predicted octanol–water partition coefficient (Wildman–Crippen LogP) is -4.13. The maximum Gasteiger partial charge on any atom is 0 e. The van der Waals surface area contributed by atoms with E-state index in [1.165, 1.54) is 0 Å². The van der Waals surface area contributed by atoms with E-state index in [0.717, 1.165) is 0 Å². The molecule has 0 aromatic carbocycles. The van der Waals surface area contributed by atoms with E-state index in [4.69, 9.17) is 0 Å². The van der Waals surface area contributed by atoms with Gasteiger partial charge in [-0.05, 0) is 0 Å². The molecule has 52 valence electrons. The largest absolute Gasteiger partial charge is 0.412 e. The monoisotopic (exact) mass is 194 g/mol. The molecule has 7 heteroatoms. The first-order valence-electron chi connectivity index (χ1n) is 0. The van der Waals surface area contributed by atoms with Gasteiger partial charge >= 0.3 is 0 Å². The molecule has 0 aromatic rings. The van der Waals surface area contributed by atoms with Crippen molar-refractivity contribution in [1.29, 1.82) is 0 Å². The molecule has 0 heterocycles. The second-order valence-electron chi connectivity index (χ2n) is 0. The quantitative estimate of drug-likeness (QED) is 0.367. The van der Waals surface area contributed by atoms with Crippen LogP contribution in [0.15, 0.2) is 0 Å². The molecule has 0 aliphatic carbocycles. The molecule has 0 bridgehead atoms. The van der Waals surface area contributed by atoms with Gasteiger partial charge in [-0.25, -0.2) is 0 Å². The first-order valence-corrected chi connectivity index (χ1v) is 0. The van der Waals surface area contributed by atoms with Gasteiger partial charge in [-0.3, -0.25) is 0 Å². The van der Waals surface area contributed by atoms with E-state index in [-0.39, 0.29) is 62.1 Å². The van der Waals surface area contributed by atoms with Crippen LogP contribution in [0.4, 0.5) is 0 Å². The summed E-state index contributed by atoms with van der Waals surface area (Å²) in [5, 5.41) is 0. The van der Waals surface area contributed by atoms with Crippen molar-refractivity contribution in [2.75, 3.05) is 0 Å². The Hall–Kier alpha value is 0.865. The Morgan fingerprint density at radius 1 is 0.286 bits per heavy atom. The molecule has 0 spiro atoms. The van der Waals surface area contributed by atoms with Crippen LogP contribution in [0.1, 0.15) is 0 Å². The van der Waals surface area contributed by atoms with Crippen LogP contribution in [-0.2, 0) is 34.7 Å². The Morgan fingerprint density at radius 2 is 0.286 bits per heavy atom. The molecule has 7 heavy (non-hydrogen) atoms. The van der Waals surface area contributed by atoms with Gasteiger partial charge < -0.3 is 27.4 Å². The molecule has 0 unspecified atom stereocenters. The Balaban J connectivity index is 0. The number of hydrogen-bond acceptors (Lipinski definition) is 0. The van der Waals surface area contributed by atoms with Crippen molar-refractivity contribution in [1.82, 2.24) is 0 Å². The fraction of sp³-hybridized carbons (Fsp3) is 0. The van der Waals surface area contributed by atoms with E-state index in [1.54, 1.807) is 0 Å². The average molecular weight is 194 g/mol. The molecule has 0 aliphatic rings. The van der Waals surface area contributed by atoms with Crippen molar-refractivity contribution < 1.29 is 62.1 Å². The van der Waals surface area contributed by atoms with Crippen LogP contribution < -0.4 is 0 Å². The van der Waals surface area contributed by atoms with E-state index < -0.39 is 0 Å². The van der Waals surface area contributed by atoms with E-state index >= 15 is 0 Å². The van der Waals surface area contributed by atoms with Gasteiger partial charge in [-0.2, -0.15) is 0 Å². The fourth-order valence-electron chi connectivity index (χ4n) is 0. The van der Waals surface area contributed by atoms with Crippen molar-refractivity contribution in [3.63, 3.8) is 0 Å². The SMILES string of the molecule is O.O.O.O.O.[Cr].[Cr]. The van der Waals surface area contributed by atoms with Crippen molar-refractivity contribution in [3.8, 4) is 0 Å². The van der Waals surface area contributed by atoms with E-state index in [9.17, 15) is 0 Å². The molecule has 0 saturated heterocycles. The van der Waals surface area contributed by atoms with Crippen LogP contribution in [0.2, 0.25) is 0 Å².